The van der Waals surface area contributed by atoms with Crippen LogP contribution >= 0.6 is 0 Å². The van der Waals surface area contributed by atoms with Gasteiger partial charge in [-0.05, 0) is 31.2 Å². The minimum Gasteiger partial charge on any atom is -0.380 e. The summed E-state index contributed by atoms with van der Waals surface area (Å²) in [6, 6.07) is 5.94. The van der Waals surface area contributed by atoms with Crippen LogP contribution in [0.5, 0.6) is 0 Å². The van der Waals surface area contributed by atoms with Crippen LogP contribution in [0.1, 0.15) is 12.5 Å². The molecule has 2 aromatic rings. The molecule has 5 nitrogen and oxygen atoms in total. The zero-order valence-corrected chi connectivity index (χ0v) is 13.3. The van der Waals surface area contributed by atoms with E-state index in [-0.39, 0.29) is 5.56 Å². The fourth-order valence-corrected chi connectivity index (χ4v) is 3.00. The predicted octanol–water partition coefficient (Wildman–Crippen LogP) is 1.54. The summed E-state index contributed by atoms with van der Waals surface area (Å²) in [6.45, 7) is 6.10. The summed E-state index contributed by atoms with van der Waals surface area (Å²) < 4.78 is 7.37. The Labute approximate surface area is 130 Å². The maximum absolute atomic E-state index is 12.7. The molecule has 0 spiro atoms. The average molecular weight is 301 g/mol. The topological polar surface area (TPSA) is 47.4 Å². The summed E-state index contributed by atoms with van der Waals surface area (Å²) >= 11 is 0. The van der Waals surface area contributed by atoms with Gasteiger partial charge in [0.2, 0.25) is 0 Å². The van der Waals surface area contributed by atoms with Crippen molar-refractivity contribution in [1.82, 2.24) is 14.5 Å². The molecular weight excluding hydrogens is 278 g/mol. The van der Waals surface area contributed by atoms with Crippen LogP contribution in [0.2, 0.25) is 0 Å². The third-order valence-electron chi connectivity index (χ3n) is 4.29. The van der Waals surface area contributed by atoms with Crippen LogP contribution in [0.15, 0.2) is 29.3 Å². The lowest BCUT2D eigenvalue weighted by molar-refractivity contribution is 0.117. The van der Waals surface area contributed by atoms with Crippen molar-refractivity contribution in [1.29, 1.82) is 0 Å². The lowest BCUT2D eigenvalue weighted by atomic mass is 10.1. The van der Waals surface area contributed by atoms with Crippen molar-refractivity contribution in [2.45, 2.75) is 19.9 Å². The molecule has 1 saturated heterocycles. The fraction of sp³-hybridized carbons (Fsp3) is 0.529. The largest absolute Gasteiger partial charge is 0.380 e. The number of rotatable bonds is 3. The van der Waals surface area contributed by atoms with Crippen LogP contribution < -0.4 is 5.56 Å². The van der Waals surface area contributed by atoms with Gasteiger partial charge in [0.15, 0.2) is 0 Å². The third-order valence-corrected chi connectivity index (χ3v) is 4.29. The highest BCUT2D eigenvalue weighted by atomic mass is 16.5. The highest BCUT2D eigenvalue weighted by Crippen LogP contribution is 2.12. The van der Waals surface area contributed by atoms with Crippen LogP contribution in [0, 0.1) is 5.92 Å². The highest BCUT2D eigenvalue weighted by Gasteiger charge is 2.17. The fourth-order valence-electron chi connectivity index (χ4n) is 3.00. The van der Waals surface area contributed by atoms with E-state index in [1.54, 1.807) is 10.9 Å². The van der Waals surface area contributed by atoms with Crippen LogP contribution in [0.25, 0.3) is 10.9 Å². The van der Waals surface area contributed by atoms with Crippen molar-refractivity contribution >= 4 is 10.9 Å². The Morgan fingerprint density at radius 3 is 3.09 bits per heavy atom. The van der Waals surface area contributed by atoms with Crippen molar-refractivity contribution in [3.8, 4) is 0 Å². The first-order valence-electron chi connectivity index (χ1n) is 7.91. The minimum atomic E-state index is 0.0483. The van der Waals surface area contributed by atoms with Gasteiger partial charge in [-0.15, -0.1) is 0 Å². The Bertz CT molecular complexity index is 711. The second-order valence-corrected chi connectivity index (χ2v) is 6.11. The molecule has 1 aromatic carbocycles. The number of likely N-dealkylation sites (N-methyl/N-ethyl adjacent to an activating group) is 1. The van der Waals surface area contributed by atoms with Crippen LogP contribution in [0.3, 0.4) is 0 Å². The van der Waals surface area contributed by atoms with E-state index in [9.17, 15) is 4.79 Å². The number of nitrogens with zero attached hydrogens (tertiary/aromatic N) is 3. The summed E-state index contributed by atoms with van der Waals surface area (Å²) in [5.74, 6) is 0.318. The molecule has 1 aromatic heterocycles. The third kappa shape index (κ3) is 3.20. The predicted molar refractivity (Wildman–Crippen MR) is 87.2 cm³/mol. The first-order valence-corrected chi connectivity index (χ1v) is 7.91. The number of aromatic nitrogens is 2. The van der Waals surface area contributed by atoms with Crippen molar-refractivity contribution in [2.75, 3.05) is 33.4 Å². The van der Waals surface area contributed by atoms with E-state index in [2.05, 4.69) is 23.9 Å². The molecule has 1 aliphatic heterocycles. The van der Waals surface area contributed by atoms with E-state index < -0.39 is 0 Å². The zero-order valence-electron chi connectivity index (χ0n) is 13.3. The second-order valence-electron chi connectivity index (χ2n) is 6.11. The van der Waals surface area contributed by atoms with Gasteiger partial charge in [0, 0.05) is 25.6 Å². The molecule has 118 valence electrons. The Morgan fingerprint density at radius 1 is 1.41 bits per heavy atom. The van der Waals surface area contributed by atoms with Gasteiger partial charge in [-0.25, -0.2) is 4.98 Å². The van der Waals surface area contributed by atoms with Crippen molar-refractivity contribution in [3.05, 3.63) is 40.4 Å². The smallest absolute Gasteiger partial charge is 0.261 e. The molecule has 0 bridgehead atoms. The maximum atomic E-state index is 12.7. The first kappa shape index (κ1) is 15.2. The lowest BCUT2D eigenvalue weighted by Crippen LogP contribution is -2.32. The van der Waals surface area contributed by atoms with E-state index in [1.165, 1.54) is 5.56 Å². The standard InChI is InChI=1S/C17H23N3O2/c1-3-13-4-5-16-15(8-13)17(21)20(12-18-16)10-14-9-19(2)6-7-22-11-14/h4-5,8,12,14H,3,6-7,9-11H2,1-2H3/t14-/m1/s1. The van der Waals surface area contributed by atoms with Crippen LogP contribution in [-0.2, 0) is 17.7 Å². The summed E-state index contributed by atoms with van der Waals surface area (Å²) in [5.41, 5.74) is 1.99. The first-order chi connectivity index (χ1) is 10.7. The summed E-state index contributed by atoms with van der Waals surface area (Å²) in [4.78, 5) is 19.4. The molecule has 0 aliphatic carbocycles. The highest BCUT2D eigenvalue weighted by molar-refractivity contribution is 5.78. The zero-order chi connectivity index (χ0) is 15.5. The Morgan fingerprint density at radius 2 is 2.27 bits per heavy atom. The summed E-state index contributed by atoms with van der Waals surface area (Å²) in [5, 5.41) is 0.713. The van der Waals surface area contributed by atoms with Gasteiger partial charge in [0.05, 0.1) is 30.4 Å². The molecule has 0 radical (unpaired) electrons. The van der Waals surface area contributed by atoms with Gasteiger partial charge >= 0.3 is 0 Å². The van der Waals surface area contributed by atoms with Crippen molar-refractivity contribution in [3.63, 3.8) is 0 Å². The average Bonchev–Trinajstić information content (AvgIpc) is 2.74. The van der Waals surface area contributed by atoms with E-state index in [0.717, 1.165) is 31.6 Å². The summed E-state index contributed by atoms with van der Waals surface area (Å²) in [6.07, 6.45) is 2.59. The molecule has 0 saturated carbocycles. The molecule has 3 rings (SSSR count). The molecule has 2 heterocycles. The maximum Gasteiger partial charge on any atom is 0.261 e. The molecule has 0 unspecified atom stereocenters. The molecule has 0 N–H and O–H groups in total. The van der Waals surface area contributed by atoms with Crippen LogP contribution in [-0.4, -0.2) is 47.8 Å². The summed E-state index contributed by atoms with van der Waals surface area (Å²) in [7, 11) is 2.09. The normalized spacial score (nSPS) is 20.2. The van der Waals surface area contributed by atoms with Gasteiger partial charge in [0.25, 0.3) is 5.56 Å². The van der Waals surface area contributed by atoms with E-state index in [1.807, 2.05) is 18.2 Å². The van der Waals surface area contributed by atoms with Gasteiger partial charge in [0.1, 0.15) is 0 Å². The number of ether oxygens (including phenoxy) is 1. The van der Waals surface area contributed by atoms with E-state index in [0.29, 0.717) is 24.5 Å². The van der Waals surface area contributed by atoms with Gasteiger partial charge < -0.3 is 9.64 Å². The van der Waals surface area contributed by atoms with Crippen molar-refractivity contribution in [2.24, 2.45) is 5.92 Å². The Hall–Kier alpha value is -1.72. The van der Waals surface area contributed by atoms with Crippen LogP contribution in [0.4, 0.5) is 0 Å². The quantitative estimate of drug-likeness (QED) is 0.863. The second kappa shape index (κ2) is 6.58. The molecule has 5 heteroatoms. The Balaban J connectivity index is 1.90. The van der Waals surface area contributed by atoms with E-state index >= 15 is 0 Å². The molecular formula is C17H23N3O2. The lowest BCUT2D eigenvalue weighted by Gasteiger charge is -2.19. The molecule has 22 heavy (non-hydrogen) atoms. The van der Waals surface area contributed by atoms with Gasteiger partial charge in [-0.1, -0.05) is 13.0 Å². The number of benzene rings is 1. The van der Waals surface area contributed by atoms with Gasteiger partial charge in [-0.3, -0.25) is 9.36 Å². The molecule has 1 aliphatic rings. The SMILES string of the molecule is CCc1ccc2ncn(C[C@@H]3COCCN(C)C3)c(=O)c2c1. The molecule has 1 atom stereocenters. The monoisotopic (exact) mass is 301 g/mol. The van der Waals surface area contributed by atoms with Crippen molar-refractivity contribution < 1.29 is 4.74 Å². The number of hydrogen-bond donors (Lipinski definition) is 0. The van der Waals surface area contributed by atoms with E-state index in [4.69, 9.17) is 4.74 Å². The molecule has 0 amide bonds. The Kier molecular flexibility index (Phi) is 4.55. The number of fused-ring (bicyclic) bond motifs is 1. The minimum absolute atomic E-state index is 0.0483. The number of aryl methyl sites for hydroxylation is 1. The van der Waals surface area contributed by atoms with Gasteiger partial charge in [-0.2, -0.15) is 0 Å². The molecule has 1 fully saturated rings. The number of hydrogen-bond acceptors (Lipinski definition) is 4.